The van der Waals surface area contributed by atoms with Crippen molar-refractivity contribution in [3.63, 3.8) is 0 Å². The summed E-state index contributed by atoms with van der Waals surface area (Å²) in [5, 5.41) is 2.90. The summed E-state index contributed by atoms with van der Waals surface area (Å²) in [6.07, 6.45) is 8.39. The van der Waals surface area contributed by atoms with Crippen LogP contribution < -0.4 is 10.1 Å². The number of benzene rings is 1. The highest BCUT2D eigenvalue weighted by Gasteiger charge is 2.16. The number of carbonyl (C=O) groups excluding carboxylic acids is 2. The zero-order chi connectivity index (χ0) is 19.5. The van der Waals surface area contributed by atoms with Crippen molar-refractivity contribution in [1.82, 2.24) is 4.90 Å². The Morgan fingerprint density at radius 3 is 2.26 bits per heavy atom. The molecule has 27 heavy (non-hydrogen) atoms. The smallest absolute Gasteiger partial charge is 0.224 e. The van der Waals surface area contributed by atoms with Crippen molar-refractivity contribution in [3.05, 3.63) is 24.3 Å². The van der Waals surface area contributed by atoms with Gasteiger partial charge in [0.25, 0.3) is 0 Å². The molecular formula is C22H34N2O3. The van der Waals surface area contributed by atoms with Crippen molar-refractivity contribution >= 4 is 17.5 Å². The van der Waals surface area contributed by atoms with Crippen molar-refractivity contribution < 1.29 is 14.3 Å². The average molecular weight is 375 g/mol. The molecule has 1 N–H and O–H groups in total. The van der Waals surface area contributed by atoms with Gasteiger partial charge < -0.3 is 15.0 Å². The molecule has 0 aromatic heterocycles. The standard InChI is InChI=1S/C22H34N2O3/c1-3-16-24(17-4-2)22(26)11-7-10-21(25)23-18-12-14-20(15-13-18)27-19-8-5-6-9-19/h12-15,19H,3-11,16-17H2,1-2H3,(H,23,25). The number of hydrogen-bond acceptors (Lipinski definition) is 3. The van der Waals surface area contributed by atoms with E-state index in [-0.39, 0.29) is 11.8 Å². The Kier molecular flexibility index (Phi) is 9.16. The first-order valence-electron chi connectivity index (χ1n) is 10.5. The summed E-state index contributed by atoms with van der Waals surface area (Å²) in [6, 6.07) is 7.56. The fourth-order valence-electron chi connectivity index (χ4n) is 3.50. The molecule has 0 aliphatic heterocycles. The molecule has 2 rings (SSSR count). The minimum absolute atomic E-state index is 0.0511. The summed E-state index contributed by atoms with van der Waals surface area (Å²) in [4.78, 5) is 26.2. The van der Waals surface area contributed by atoms with E-state index in [0.29, 0.717) is 25.4 Å². The van der Waals surface area contributed by atoms with Crippen LogP contribution in [0.5, 0.6) is 5.75 Å². The molecule has 1 aliphatic rings. The van der Waals surface area contributed by atoms with Crippen LogP contribution in [-0.2, 0) is 9.59 Å². The summed E-state index contributed by atoms with van der Waals surface area (Å²) in [7, 11) is 0. The van der Waals surface area contributed by atoms with Crippen LogP contribution in [0.25, 0.3) is 0 Å². The zero-order valence-corrected chi connectivity index (χ0v) is 16.8. The molecule has 5 nitrogen and oxygen atoms in total. The lowest BCUT2D eigenvalue weighted by molar-refractivity contribution is -0.131. The Labute approximate surface area is 163 Å². The second kappa shape index (κ2) is 11.6. The molecule has 0 bridgehead atoms. The second-order valence-corrected chi connectivity index (χ2v) is 7.33. The molecule has 2 amide bonds. The van der Waals surface area contributed by atoms with Gasteiger partial charge >= 0.3 is 0 Å². The molecule has 150 valence electrons. The number of nitrogens with one attached hydrogen (secondary N) is 1. The molecule has 1 saturated carbocycles. The number of anilines is 1. The van der Waals surface area contributed by atoms with E-state index in [1.165, 1.54) is 12.8 Å². The Balaban J connectivity index is 1.69. The van der Waals surface area contributed by atoms with Crippen molar-refractivity contribution in [3.8, 4) is 5.75 Å². The highest BCUT2D eigenvalue weighted by molar-refractivity contribution is 5.91. The first kappa shape index (κ1) is 21.3. The molecular weight excluding hydrogens is 340 g/mol. The van der Waals surface area contributed by atoms with Crippen LogP contribution in [0.4, 0.5) is 5.69 Å². The molecule has 0 unspecified atom stereocenters. The SMILES string of the molecule is CCCN(CCC)C(=O)CCCC(=O)Nc1ccc(OC2CCCC2)cc1. The van der Waals surface area contributed by atoms with Gasteiger partial charge in [-0.1, -0.05) is 13.8 Å². The fourth-order valence-corrected chi connectivity index (χ4v) is 3.50. The van der Waals surface area contributed by atoms with Gasteiger partial charge in [-0.15, -0.1) is 0 Å². The van der Waals surface area contributed by atoms with E-state index in [1.54, 1.807) is 0 Å². The van der Waals surface area contributed by atoms with Gasteiger partial charge in [-0.25, -0.2) is 0 Å². The fraction of sp³-hybridized carbons (Fsp3) is 0.636. The molecule has 0 radical (unpaired) electrons. The van der Waals surface area contributed by atoms with E-state index in [9.17, 15) is 9.59 Å². The number of ether oxygens (including phenoxy) is 1. The van der Waals surface area contributed by atoms with Crippen LogP contribution in [-0.4, -0.2) is 35.9 Å². The Morgan fingerprint density at radius 2 is 1.67 bits per heavy atom. The van der Waals surface area contributed by atoms with Crippen molar-refractivity contribution in [2.24, 2.45) is 0 Å². The number of hydrogen-bond donors (Lipinski definition) is 1. The number of carbonyl (C=O) groups is 2. The summed E-state index contributed by atoms with van der Waals surface area (Å²) in [5.74, 6) is 0.960. The summed E-state index contributed by atoms with van der Waals surface area (Å²) >= 11 is 0. The van der Waals surface area contributed by atoms with Crippen LogP contribution >= 0.6 is 0 Å². The third-order valence-electron chi connectivity index (χ3n) is 4.88. The van der Waals surface area contributed by atoms with Gasteiger partial charge in [0.15, 0.2) is 0 Å². The number of nitrogens with zero attached hydrogens (tertiary/aromatic N) is 1. The monoisotopic (exact) mass is 374 g/mol. The van der Waals surface area contributed by atoms with Crippen LogP contribution in [0.15, 0.2) is 24.3 Å². The molecule has 1 aliphatic carbocycles. The normalized spacial score (nSPS) is 14.1. The van der Waals surface area contributed by atoms with Gasteiger partial charge in [0.1, 0.15) is 5.75 Å². The lowest BCUT2D eigenvalue weighted by atomic mass is 10.2. The molecule has 1 aromatic rings. The Hall–Kier alpha value is -2.04. The molecule has 5 heteroatoms. The summed E-state index contributed by atoms with van der Waals surface area (Å²) in [5.41, 5.74) is 0.767. The number of rotatable bonds is 11. The van der Waals surface area contributed by atoms with Gasteiger partial charge in [-0.05, 0) is 69.2 Å². The zero-order valence-electron chi connectivity index (χ0n) is 16.8. The maximum atomic E-state index is 12.2. The number of amides is 2. The Bertz CT molecular complexity index is 574. The Morgan fingerprint density at radius 1 is 1.04 bits per heavy atom. The predicted octanol–water partition coefficient (Wildman–Crippen LogP) is 4.77. The van der Waals surface area contributed by atoms with Gasteiger partial charge in [-0.3, -0.25) is 9.59 Å². The van der Waals surface area contributed by atoms with Crippen molar-refractivity contribution in [1.29, 1.82) is 0 Å². The van der Waals surface area contributed by atoms with E-state index in [4.69, 9.17) is 4.74 Å². The minimum atomic E-state index is -0.0511. The lowest BCUT2D eigenvalue weighted by Gasteiger charge is -2.21. The van der Waals surface area contributed by atoms with Crippen LogP contribution in [0.1, 0.15) is 71.6 Å². The third kappa shape index (κ3) is 7.61. The van der Waals surface area contributed by atoms with Crippen LogP contribution in [0, 0.1) is 0 Å². The minimum Gasteiger partial charge on any atom is -0.490 e. The third-order valence-corrected chi connectivity index (χ3v) is 4.88. The van der Waals surface area contributed by atoms with Crippen molar-refractivity contribution in [2.45, 2.75) is 77.7 Å². The van der Waals surface area contributed by atoms with Crippen LogP contribution in [0.2, 0.25) is 0 Å². The van der Waals surface area contributed by atoms with Gasteiger partial charge in [0, 0.05) is 31.6 Å². The topological polar surface area (TPSA) is 58.6 Å². The van der Waals surface area contributed by atoms with E-state index in [0.717, 1.165) is 50.2 Å². The van der Waals surface area contributed by atoms with E-state index < -0.39 is 0 Å². The highest BCUT2D eigenvalue weighted by atomic mass is 16.5. The summed E-state index contributed by atoms with van der Waals surface area (Å²) < 4.78 is 5.93. The first-order chi connectivity index (χ1) is 13.1. The maximum absolute atomic E-state index is 12.2. The van der Waals surface area contributed by atoms with Gasteiger partial charge in [-0.2, -0.15) is 0 Å². The molecule has 0 spiro atoms. The second-order valence-electron chi connectivity index (χ2n) is 7.33. The predicted molar refractivity (Wildman–Crippen MR) is 109 cm³/mol. The van der Waals surface area contributed by atoms with Gasteiger partial charge in [0.05, 0.1) is 6.10 Å². The molecule has 0 saturated heterocycles. The molecule has 1 fully saturated rings. The first-order valence-corrected chi connectivity index (χ1v) is 10.5. The highest BCUT2D eigenvalue weighted by Crippen LogP contribution is 2.25. The quantitative estimate of drug-likeness (QED) is 0.607. The van der Waals surface area contributed by atoms with E-state index >= 15 is 0 Å². The molecule has 1 aromatic carbocycles. The lowest BCUT2D eigenvalue weighted by Crippen LogP contribution is -2.32. The van der Waals surface area contributed by atoms with E-state index in [1.807, 2.05) is 29.2 Å². The largest absolute Gasteiger partial charge is 0.490 e. The average Bonchev–Trinajstić information content (AvgIpc) is 3.16. The van der Waals surface area contributed by atoms with Crippen molar-refractivity contribution in [2.75, 3.05) is 18.4 Å². The molecule has 0 atom stereocenters. The van der Waals surface area contributed by atoms with E-state index in [2.05, 4.69) is 19.2 Å². The molecule has 0 heterocycles. The van der Waals surface area contributed by atoms with Gasteiger partial charge in [0.2, 0.25) is 11.8 Å². The summed E-state index contributed by atoms with van der Waals surface area (Å²) in [6.45, 7) is 5.75. The maximum Gasteiger partial charge on any atom is 0.224 e. The van der Waals surface area contributed by atoms with Crippen LogP contribution in [0.3, 0.4) is 0 Å².